The molecule has 5 N–H and O–H groups in total. The van der Waals surface area contributed by atoms with Gasteiger partial charge < -0.3 is 30.9 Å². The van der Waals surface area contributed by atoms with Crippen LogP contribution >= 0.6 is 0 Å². The van der Waals surface area contributed by atoms with Crippen molar-refractivity contribution in [3.8, 4) is 0 Å². The molecular weight excluding hydrogens is 446 g/mol. The van der Waals surface area contributed by atoms with E-state index in [2.05, 4.69) is 17.6 Å². The number of aliphatic carboxylic acids is 2. The standard InChI is InChI=1S/C21H32N4O6.CH3NO/c1-2-17-3-5-18(6-4-17)24-11-9-22(15-19(26)27)7-8-23(16-20(28)29)10-12-25(14-13-24)21(30)31;2-1-3/h3-6H,2,7-16H2,1H3,(H,26,27)(H,28,29)(H,30,31);1H,(H2,2,3). The van der Waals surface area contributed by atoms with Crippen LogP contribution in [0.4, 0.5) is 10.5 Å². The third-order valence-corrected chi connectivity index (χ3v) is 5.44. The number of rotatable bonds is 6. The van der Waals surface area contributed by atoms with E-state index in [4.69, 9.17) is 9.90 Å². The second-order valence-electron chi connectivity index (χ2n) is 7.75. The van der Waals surface area contributed by atoms with E-state index in [0.29, 0.717) is 32.7 Å². The highest BCUT2D eigenvalue weighted by Crippen LogP contribution is 2.16. The number of anilines is 1. The molecule has 0 saturated carbocycles. The number of hydrogen-bond acceptors (Lipinski definition) is 7. The normalized spacial score (nSPS) is 16.4. The van der Waals surface area contributed by atoms with Gasteiger partial charge in [0.15, 0.2) is 0 Å². The molecule has 2 rings (SSSR count). The summed E-state index contributed by atoms with van der Waals surface area (Å²) in [5.41, 5.74) is 6.33. The van der Waals surface area contributed by atoms with Crippen molar-refractivity contribution in [1.29, 1.82) is 0 Å². The first-order valence-corrected chi connectivity index (χ1v) is 11.1. The van der Waals surface area contributed by atoms with Crippen LogP contribution in [0.1, 0.15) is 12.5 Å². The van der Waals surface area contributed by atoms with Gasteiger partial charge in [-0.15, -0.1) is 0 Å². The van der Waals surface area contributed by atoms with Gasteiger partial charge >= 0.3 is 18.0 Å². The van der Waals surface area contributed by atoms with E-state index in [1.54, 1.807) is 9.80 Å². The zero-order valence-electron chi connectivity index (χ0n) is 19.5. The summed E-state index contributed by atoms with van der Waals surface area (Å²) in [6.45, 7) is 4.63. The Morgan fingerprint density at radius 3 is 1.68 bits per heavy atom. The molecule has 1 saturated heterocycles. The molecule has 1 fully saturated rings. The minimum atomic E-state index is -1.04. The van der Waals surface area contributed by atoms with Crippen LogP contribution in [-0.4, -0.2) is 120 Å². The summed E-state index contributed by atoms with van der Waals surface area (Å²) in [5.74, 6) is -1.94. The van der Waals surface area contributed by atoms with Crippen molar-refractivity contribution in [2.24, 2.45) is 5.73 Å². The Bertz CT molecular complexity index is 790. The van der Waals surface area contributed by atoms with Crippen LogP contribution in [0.15, 0.2) is 24.3 Å². The van der Waals surface area contributed by atoms with Crippen molar-refractivity contribution < 1.29 is 34.5 Å². The summed E-state index contributed by atoms with van der Waals surface area (Å²) in [6, 6.07) is 8.09. The third-order valence-electron chi connectivity index (χ3n) is 5.44. The fraction of sp³-hybridized carbons (Fsp3) is 0.545. The average Bonchev–Trinajstić information content (AvgIpc) is 2.77. The smallest absolute Gasteiger partial charge is 0.407 e. The number of nitrogens with two attached hydrogens (primary N) is 1. The third kappa shape index (κ3) is 11.0. The summed E-state index contributed by atoms with van der Waals surface area (Å²) in [4.78, 5) is 49.6. The molecule has 0 unspecified atom stereocenters. The number of primary amides is 1. The van der Waals surface area contributed by atoms with Gasteiger partial charge in [0.25, 0.3) is 0 Å². The molecule has 1 heterocycles. The summed E-state index contributed by atoms with van der Waals surface area (Å²) >= 11 is 0. The monoisotopic (exact) mass is 481 g/mol. The quantitative estimate of drug-likeness (QED) is 0.403. The van der Waals surface area contributed by atoms with Gasteiger partial charge in [-0.25, -0.2) is 4.79 Å². The fourth-order valence-electron chi connectivity index (χ4n) is 3.59. The topological polar surface area (TPSA) is 168 Å². The Kier molecular flexibility index (Phi) is 13.0. The van der Waals surface area contributed by atoms with Crippen LogP contribution in [0.25, 0.3) is 0 Å². The predicted octanol–water partition coefficient (Wildman–Crippen LogP) is -0.0763. The number of carboxylic acids is 2. The number of nitrogens with zero attached hydrogens (tertiary/aromatic N) is 4. The van der Waals surface area contributed by atoms with Crippen LogP contribution < -0.4 is 10.6 Å². The van der Waals surface area contributed by atoms with Crippen LogP contribution in [0.5, 0.6) is 0 Å². The summed E-state index contributed by atoms with van der Waals surface area (Å²) < 4.78 is 0. The minimum Gasteiger partial charge on any atom is -0.480 e. The van der Waals surface area contributed by atoms with Gasteiger partial charge in [-0.1, -0.05) is 19.1 Å². The molecule has 0 spiro atoms. The number of benzene rings is 1. The lowest BCUT2D eigenvalue weighted by atomic mass is 10.1. The van der Waals surface area contributed by atoms with Crippen molar-refractivity contribution >= 4 is 30.1 Å². The van der Waals surface area contributed by atoms with Gasteiger partial charge in [0, 0.05) is 58.0 Å². The number of carbonyl (C=O) groups is 4. The number of aryl methyl sites for hydroxylation is 1. The van der Waals surface area contributed by atoms with E-state index in [1.807, 2.05) is 24.3 Å². The maximum atomic E-state index is 11.7. The molecule has 0 aliphatic carbocycles. The second kappa shape index (κ2) is 15.5. The molecule has 12 nitrogen and oxygen atoms in total. The maximum Gasteiger partial charge on any atom is 0.407 e. The van der Waals surface area contributed by atoms with Crippen molar-refractivity contribution in [1.82, 2.24) is 14.7 Å². The van der Waals surface area contributed by atoms with Crippen LogP contribution in [-0.2, 0) is 20.8 Å². The number of amides is 2. The Morgan fingerprint density at radius 2 is 1.24 bits per heavy atom. The van der Waals surface area contributed by atoms with Crippen molar-refractivity contribution in [3.63, 3.8) is 0 Å². The molecule has 0 bridgehead atoms. The van der Waals surface area contributed by atoms with Crippen LogP contribution in [0.2, 0.25) is 0 Å². The SMILES string of the molecule is CCc1ccc(N2CCN(CC(=O)O)CCN(CC(=O)O)CCN(C(=O)O)CC2)cc1.NC=O. The average molecular weight is 482 g/mol. The van der Waals surface area contributed by atoms with E-state index in [-0.39, 0.29) is 39.1 Å². The predicted molar refractivity (Wildman–Crippen MR) is 126 cm³/mol. The Labute approximate surface area is 199 Å². The highest BCUT2D eigenvalue weighted by atomic mass is 16.4. The number of carbonyl (C=O) groups excluding carboxylic acids is 1. The molecule has 1 aliphatic heterocycles. The highest BCUT2D eigenvalue weighted by molar-refractivity contribution is 5.69. The second-order valence-corrected chi connectivity index (χ2v) is 7.75. The van der Waals surface area contributed by atoms with E-state index in [1.165, 1.54) is 10.5 Å². The van der Waals surface area contributed by atoms with Crippen molar-refractivity contribution in [3.05, 3.63) is 29.8 Å². The van der Waals surface area contributed by atoms with Gasteiger partial charge in [-0.05, 0) is 24.1 Å². The van der Waals surface area contributed by atoms with E-state index >= 15 is 0 Å². The molecule has 34 heavy (non-hydrogen) atoms. The van der Waals surface area contributed by atoms with Gasteiger partial charge in [0.05, 0.1) is 13.1 Å². The van der Waals surface area contributed by atoms with Crippen LogP contribution in [0.3, 0.4) is 0 Å². The lowest BCUT2D eigenvalue weighted by Crippen LogP contribution is -2.48. The summed E-state index contributed by atoms with van der Waals surface area (Å²) in [6.07, 6.45) is 0.132. The zero-order chi connectivity index (χ0) is 25.5. The fourth-order valence-corrected chi connectivity index (χ4v) is 3.59. The molecule has 1 aromatic carbocycles. The molecule has 0 radical (unpaired) electrons. The van der Waals surface area contributed by atoms with Crippen molar-refractivity contribution in [2.45, 2.75) is 13.3 Å². The summed E-state index contributed by atoms with van der Waals surface area (Å²) in [5, 5.41) is 28.0. The largest absolute Gasteiger partial charge is 0.480 e. The lowest BCUT2D eigenvalue weighted by Gasteiger charge is -2.33. The summed E-state index contributed by atoms with van der Waals surface area (Å²) in [7, 11) is 0. The highest BCUT2D eigenvalue weighted by Gasteiger charge is 2.21. The van der Waals surface area contributed by atoms with Gasteiger partial charge in [0.2, 0.25) is 6.41 Å². The Balaban J connectivity index is 0.00000182. The Morgan fingerprint density at radius 1 is 0.824 bits per heavy atom. The molecule has 1 aliphatic rings. The van der Waals surface area contributed by atoms with Crippen LogP contribution in [0, 0.1) is 0 Å². The number of carboxylic acid groups (broad SMARTS) is 3. The maximum absolute atomic E-state index is 11.7. The first-order chi connectivity index (χ1) is 16.2. The number of hydrogen-bond donors (Lipinski definition) is 4. The van der Waals surface area contributed by atoms with E-state index < -0.39 is 18.0 Å². The van der Waals surface area contributed by atoms with E-state index in [0.717, 1.165) is 12.1 Å². The van der Waals surface area contributed by atoms with Gasteiger partial charge in [-0.3, -0.25) is 24.2 Å². The molecule has 190 valence electrons. The molecular formula is C22H35N5O7. The molecule has 2 amide bonds. The van der Waals surface area contributed by atoms with Gasteiger partial charge in [0.1, 0.15) is 0 Å². The zero-order valence-corrected chi connectivity index (χ0v) is 19.5. The van der Waals surface area contributed by atoms with Gasteiger partial charge in [-0.2, -0.15) is 0 Å². The molecule has 0 atom stereocenters. The first kappa shape index (κ1) is 28.7. The Hall–Kier alpha value is -3.38. The first-order valence-electron chi connectivity index (χ1n) is 11.1. The molecule has 12 heteroatoms. The lowest BCUT2D eigenvalue weighted by molar-refractivity contribution is -0.140. The van der Waals surface area contributed by atoms with E-state index in [9.17, 15) is 24.6 Å². The van der Waals surface area contributed by atoms with Crippen molar-refractivity contribution in [2.75, 3.05) is 70.3 Å². The minimum absolute atomic E-state index is 0.134. The molecule has 1 aromatic rings. The molecule has 0 aromatic heterocycles.